The Morgan fingerprint density at radius 2 is 2.25 bits per heavy atom. The van der Waals surface area contributed by atoms with Gasteiger partial charge in [-0.1, -0.05) is 23.8 Å². The number of hydrogen-bond acceptors (Lipinski definition) is 4. The third-order valence-corrected chi connectivity index (χ3v) is 3.45. The maximum Gasteiger partial charge on any atom is 0.193 e. The number of thioether (sulfide) groups is 1. The summed E-state index contributed by atoms with van der Waals surface area (Å²) in [6, 6.07) is 3.84. The van der Waals surface area contributed by atoms with Gasteiger partial charge in [0.15, 0.2) is 10.5 Å². The van der Waals surface area contributed by atoms with Crippen LogP contribution in [0.5, 0.6) is 0 Å². The molecule has 0 amide bonds. The topological polar surface area (TPSA) is 79.0 Å². The van der Waals surface area contributed by atoms with E-state index in [-0.39, 0.29) is 17.4 Å². The Labute approximate surface area is 118 Å². The second kappa shape index (κ2) is 6.45. The molecule has 7 heteroatoms. The van der Waals surface area contributed by atoms with Crippen LogP contribution in [0, 0.1) is 5.82 Å². The van der Waals surface area contributed by atoms with Gasteiger partial charge in [-0.3, -0.25) is 4.79 Å². The van der Waals surface area contributed by atoms with Crippen molar-refractivity contribution in [1.29, 1.82) is 0 Å². The van der Waals surface area contributed by atoms with Gasteiger partial charge >= 0.3 is 0 Å². The number of rotatable bonds is 5. The lowest BCUT2D eigenvalue weighted by atomic mass is 10.1. The monoisotopic (exact) mass is 293 g/mol. The molecule has 104 valence electrons. The van der Waals surface area contributed by atoms with Gasteiger partial charge in [-0.05, 0) is 35.4 Å². The molecule has 0 aliphatic heterocycles. The molecule has 1 heterocycles. The van der Waals surface area contributed by atoms with Crippen LogP contribution in [-0.4, -0.2) is 12.3 Å². The molecule has 0 saturated carbocycles. The molecule has 0 N–H and O–H groups in total. The number of benzene rings is 1. The highest BCUT2D eigenvalue weighted by Gasteiger charge is 2.11. The highest BCUT2D eigenvalue weighted by atomic mass is 32.2. The fourth-order valence-electron chi connectivity index (χ4n) is 1.88. The van der Waals surface area contributed by atoms with Crippen molar-refractivity contribution in [3.8, 4) is 0 Å². The van der Waals surface area contributed by atoms with E-state index in [1.165, 1.54) is 30.0 Å². The van der Waals surface area contributed by atoms with Crippen molar-refractivity contribution in [3.05, 3.63) is 50.2 Å². The lowest BCUT2D eigenvalue weighted by Gasteiger charge is -2.06. The summed E-state index contributed by atoms with van der Waals surface area (Å²) in [4.78, 5) is 14.6. The van der Waals surface area contributed by atoms with Gasteiger partial charge in [0.1, 0.15) is 11.4 Å². The lowest BCUT2D eigenvalue weighted by molar-refractivity contribution is 0.495. The van der Waals surface area contributed by atoms with Gasteiger partial charge in [-0.25, -0.2) is 4.39 Å². The van der Waals surface area contributed by atoms with Crippen LogP contribution in [-0.2, 0) is 6.42 Å². The predicted octanol–water partition coefficient (Wildman–Crippen LogP) is 3.90. The van der Waals surface area contributed by atoms with Crippen LogP contribution in [0.15, 0.2) is 37.6 Å². The van der Waals surface area contributed by atoms with Gasteiger partial charge in [0.25, 0.3) is 0 Å². The summed E-state index contributed by atoms with van der Waals surface area (Å²) < 4.78 is 19.2. The van der Waals surface area contributed by atoms with Gasteiger partial charge in [-0.15, -0.1) is 0 Å². The van der Waals surface area contributed by atoms with Crippen LogP contribution in [0.1, 0.15) is 12.5 Å². The average Bonchev–Trinajstić information content (AvgIpc) is 2.41. The second-order valence-electron chi connectivity index (χ2n) is 4.01. The average molecular weight is 293 g/mol. The molecule has 0 bridgehead atoms. The van der Waals surface area contributed by atoms with E-state index >= 15 is 0 Å². The maximum absolute atomic E-state index is 13.5. The van der Waals surface area contributed by atoms with Crippen molar-refractivity contribution in [1.82, 2.24) is 0 Å². The molecule has 0 unspecified atom stereocenters. The number of azide groups is 1. The molecule has 20 heavy (non-hydrogen) atoms. The smallest absolute Gasteiger partial charge is 0.193 e. The van der Waals surface area contributed by atoms with E-state index in [1.54, 1.807) is 0 Å². The number of hydrogen-bond donors (Lipinski definition) is 0. The van der Waals surface area contributed by atoms with E-state index in [1.807, 2.05) is 6.92 Å². The quantitative estimate of drug-likeness (QED) is 0.363. The largest absolute Gasteiger partial charge is 0.449 e. The fraction of sp³-hybridized carbons (Fsp3) is 0.308. The third-order valence-electron chi connectivity index (χ3n) is 2.68. The van der Waals surface area contributed by atoms with Gasteiger partial charge in [0.2, 0.25) is 0 Å². The van der Waals surface area contributed by atoms with E-state index in [0.29, 0.717) is 22.7 Å². The van der Waals surface area contributed by atoms with Crippen molar-refractivity contribution >= 4 is 22.7 Å². The van der Waals surface area contributed by atoms with Gasteiger partial charge in [-0.2, -0.15) is 0 Å². The first-order chi connectivity index (χ1) is 9.65. The number of halogens is 1. The Balaban J connectivity index is 2.59. The minimum atomic E-state index is -0.503. The Kier molecular flexibility index (Phi) is 4.65. The van der Waals surface area contributed by atoms with Crippen LogP contribution in [0.4, 0.5) is 4.39 Å². The molecule has 0 atom stereocenters. The Hall–Kier alpha value is -1.98. The number of nitrogens with zero attached hydrogens (tertiary/aromatic N) is 3. The molecule has 0 radical (unpaired) electrons. The van der Waals surface area contributed by atoms with Gasteiger partial charge in [0, 0.05) is 17.5 Å². The van der Waals surface area contributed by atoms with Crippen LogP contribution < -0.4 is 5.43 Å². The van der Waals surface area contributed by atoms with E-state index in [9.17, 15) is 9.18 Å². The van der Waals surface area contributed by atoms with E-state index in [0.717, 1.165) is 5.75 Å². The molecule has 0 aliphatic carbocycles. The Morgan fingerprint density at radius 3 is 2.95 bits per heavy atom. The first-order valence-electron chi connectivity index (χ1n) is 6.05. The van der Waals surface area contributed by atoms with E-state index < -0.39 is 5.82 Å². The Bertz CT molecular complexity index is 738. The third kappa shape index (κ3) is 3.12. The molecule has 0 fully saturated rings. The SMILES string of the molecule is CCSc1cc(=O)c2cc(F)cc(CCN=[N+]=[N-])c2o1. The molecule has 0 saturated heterocycles. The molecule has 0 spiro atoms. The van der Waals surface area contributed by atoms with Crippen molar-refractivity contribution in [2.24, 2.45) is 5.11 Å². The summed E-state index contributed by atoms with van der Waals surface area (Å²) in [6.07, 6.45) is 0.321. The van der Waals surface area contributed by atoms with Gasteiger partial charge < -0.3 is 4.42 Å². The van der Waals surface area contributed by atoms with Gasteiger partial charge in [0.05, 0.1) is 5.39 Å². The minimum absolute atomic E-state index is 0.184. The zero-order valence-corrected chi connectivity index (χ0v) is 11.6. The summed E-state index contributed by atoms with van der Waals surface area (Å²) in [5.74, 6) is 0.264. The molecular weight excluding hydrogens is 281 g/mol. The van der Waals surface area contributed by atoms with Crippen LogP contribution in [0.3, 0.4) is 0 Å². The highest BCUT2D eigenvalue weighted by molar-refractivity contribution is 7.99. The zero-order chi connectivity index (χ0) is 14.5. The zero-order valence-electron chi connectivity index (χ0n) is 10.8. The van der Waals surface area contributed by atoms with E-state index in [4.69, 9.17) is 9.95 Å². The summed E-state index contributed by atoms with van der Waals surface area (Å²) in [5.41, 5.74) is 8.90. The minimum Gasteiger partial charge on any atom is -0.449 e. The summed E-state index contributed by atoms with van der Waals surface area (Å²) in [6.45, 7) is 2.13. The van der Waals surface area contributed by atoms with Crippen LogP contribution in [0.25, 0.3) is 21.4 Å². The van der Waals surface area contributed by atoms with Crippen molar-refractivity contribution < 1.29 is 8.81 Å². The fourth-order valence-corrected chi connectivity index (χ4v) is 2.50. The maximum atomic E-state index is 13.5. The highest BCUT2D eigenvalue weighted by Crippen LogP contribution is 2.24. The molecule has 1 aromatic carbocycles. The first-order valence-corrected chi connectivity index (χ1v) is 7.04. The molecule has 2 aromatic rings. The molecule has 1 aromatic heterocycles. The lowest BCUT2D eigenvalue weighted by Crippen LogP contribution is -2.03. The summed E-state index contributed by atoms with van der Waals surface area (Å²) in [7, 11) is 0. The molecule has 2 rings (SSSR count). The molecule has 5 nitrogen and oxygen atoms in total. The van der Waals surface area contributed by atoms with Crippen molar-refractivity contribution in [2.45, 2.75) is 18.4 Å². The standard InChI is InChI=1S/C13H12FN3O2S/c1-2-20-12-7-11(18)10-6-9(14)5-8(13(10)19-12)3-4-16-17-15/h5-7H,2-4H2,1H3. The first kappa shape index (κ1) is 14.4. The molecular formula is C13H12FN3O2S. The van der Waals surface area contributed by atoms with E-state index in [2.05, 4.69) is 10.0 Å². The van der Waals surface area contributed by atoms with Crippen molar-refractivity contribution in [2.75, 3.05) is 12.3 Å². The van der Waals surface area contributed by atoms with Crippen LogP contribution in [0.2, 0.25) is 0 Å². The van der Waals surface area contributed by atoms with Crippen molar-refractivity contribution in [3.63, 3.8) is 0 Å². The summed E-state index contributed by atoms with van der Waals surface area (Å²) in [5, 5.41) is 4.13. The molecule has 0 aliphatic rings. The normalized spacial score (nSPS) is 10.5. The summed E-state index contributed by atoms with van der Waals surface area (Å²) >= 11 is 1.40. The second-order valence-corrected chi connectivity index (χ2v) is 5.28. The predicted molar refractivity (Wildman–Crippen MR) is 76.6 cm³/mol. The van der Waals surface area contributed by atoms with Crippen LogP contribution >= 0.6 is 11.8 Å². The Morgan fingerprint density at radius 1 is 1.45 bits per heavy atom. The number of fused-ring (bicyclic) bond motifs is 1.